The third-order valence-electron chi connectivity index (χ3n) is 9.78. The van der Waals surface area contributed by atoms with E-state index in [2.05, 4.69) is 13.8 Å². The van der Waals surface area contributed by atoms with E-state index in [1.54, 1.807) is 25.2 Å². The second-order valence-corrected chi connectivity index (χ2v) is 14.8. The molecule has 0 aromatic carbocycles. The Kier molecular flexibility index (Phi) is 43.4. The molecule has 0 unspecified atom stereocenters. The Balaban J connectivity index is -0.000000467. The number of aliphatic hydroxyl groups excluding tert-OH is 2. The van der Waals surface area contributed by atoms with Gasteiger partial charge in [-0.05, 0) is 32.1 Å². The Morgan fingerprint density at radius 3 is 1.20 bits per heavy atom. The van der Waals surface area contributed by atoms with E-state index in [1.807, 2.05) is 11.4 Å². The molecular formula is C44H86F6N2O4. The second-order valence-electron chi connectivity index (χ2n) is 14.8. The summed E-state index contributed by atoms with van der Waals surface area (Å²) in [7, 11) is 0. The van der Waals surface area contributed by atoms with Gasteiger partial charge in [-0.2, -0.15) is 26.3 Å². The monoisotopic (exact) mass is 821 g/mol. The van der Waals surface area contributed by atoms with Gasteiger partial charge in [-0.25, -0.2) is 0 Å². The zero-order valence-electron chi connectivity index (χ0n) is 34.2. The van der Waals surface area contributed by atoms with Gasteiger partial charge in [0.1, 0.15) is 0 Å². The first-order chi connectivity index (χ1) is 25.6. The maximum absolute atomic E-state index is 12.3. The molecule has 338 valence electrons. The van der Waals surface area contributed by atoms with Gasteiger partial charge >= 0.3 is 24.2 Å². The first kappa shape index (κ1) is 60.9. The summed E-state index contributed by atoms with van der Waals surface area (Å²) >= 11 is 0. The van der Waals surface area contributed by atoms with Crippen LogP contribution < -0.4 is 10.6 Å². The fourth-order valence-corrected chi connectivity index (χ4v) is 6.21. The van der Waals surface area contributed by atoms with Crippen molar-refractivity contribution in [1.82, 2.24) is 10.6 Å². The summed E-state index contributed by atoms with van der Waals surface area (Å²) in [6.07, 6.45) is 22.6. The van der Waals surface area contributed by atoms with Gasteiger partial charge in [-0.3, -0.25) is 9.59 Å². The lowest BCUT2D eigenvalue weighted by Gasteiger charge is -2.27. The van der Waals surface area contributed by atoms with Crippen molar-refractivity contribution in [3.05, 3.63) is 12.2 Å². The molecule has 0 rings (SSSR count). The topological polar surface area (TPSA) is 98.7 Å². The number of hydrogen-bond acceptors (Lipinski definition) is 4. The van der Waals surface area contributed by atoms with Crippen LogP contribution >= 0.6 is 0 Å². The smallest absolute Gasteiger partial charge is 0.390 e. The van der Waals surface area contributed by atoms with E-state index in [0.717, 1.165) is 38.5 Å². The maximum Gasteiger partial charge on any atom is 0.471 e. The van der Waals surface area contributed by atoms with Crippen molar-refractivity contribution in [2.75, 3.05) is 0 Å². The minimum absolute atomic E-state index is 0. The summed E-state index contributed by atoms with van der Waals surface area (Å²) in [6.45, 7) is 7.77. The summed E-state index contributed by atoms with van der Waals surface area (Å²) < 4.78 is 73.6. The highest BCUT2D eigenvalue weighted by atomic mass is 19.4. The highest BCUT2D eigenvalue weighted by molar-refractivity contribution is 5.82. The van der Waals surface area contributed by atoms with Crippen LogP contribution in [0.15, 0.2) is 12.2 Å². The van der Waals surface area contributed by atoms with E-state index < -0.39 is 48.5 Å². The molecular weight excluding hydrogens is 734 g/mol. The molecule has 56 heavy (non-hydrogen) atoms. The van der Waals surface area contributed by atoms with Crippen molar-refractivity contribution >= 4 is 11.8 Å². The number of halogens is 6. The van der Waals surface area contributed by atoms with Crippen LogP contribution in [0, 0.1) is 0 Å². The van der Waals surface area contributed by atoms with Crippen molar-refractivity contribution in [3.63, 3.8) is 0 Å². The Hall–Kier alpha value is -1.82. The molecule has 0 heterocycles. The van der Waals surface area contributed by atoms with Crippen LogP contribution in [0.3, 0.4) is 0 Å². The number of carbonyl (C=O) groups excluding carboxylic acids is 2. The zero-order valence-corrected chi connectivity index (χ0v) is 34.2. The molecule has 0 aliphatic carbocycles. The van der Waals surface area contributed by atoms with E-state index in [1.165, 1.54) is 116 Å². The molecule has 0 spiro atoms. The van der Waals surface area contributed by atoms with Crippen LogP contribution in [-0.2, 0) is 9.59 Å². The van der Waals surface area contributed by atoms with Gasteiger partial charge in [0.2, 0.25) is 0 Å². The van der Waals surface area contributed by atoms with Gasteiger partial charge in [0.05, 0.1) is 18.2 Å². The van der Waals surface area contributed by atoms with E-state index in [4.69, 9.17) is 0 Å². The van der Waals surface area contributed by atoms with Crippen LogP contribution in [0.5, 0.6) is 0 Å². The van der Waals surface area contributed by atoms with Crippen LogP contribution in [0.4, 0.5) is 26.3 Å². The standard InChI is InChI=1S/C21H40F3NO3.C21H38F3NO.2CH4/c1-3-5-6-7-8-9-10-11-12-13-14-15-16-18(26)19(27)17(4-2)25-20(28)21(22,23)24;1-3-5-6-7-8-9-10-11-12-13-14-15-16-17-18-19(4-2)25-20(26)21(22,23)24;;/h17-19,26-27H,3-16H2,1-2H3,(H,25,28);17-19H,3-16H2,1-2H3,(H,25,26);2*1H4/b;18-17+;;/t17-,18+,19-;19-;;/m00../s1. The number of aliphatic hydroxyl groups is 2. The van der Waals surface area contributed by atoms with Crippen LogP contribution in [0.1, 0.15) is 222 Å². The number of allylic oxidation sites excluding steroid dienone is 1. The molecule has 6 nitrogen and oxygen atoms in total. The van der Waals surface area contributed by atoms with Crippen molar-refractivity contribution in [3.8, 4) is 0 Å². The Morgan fingerprint density at radius 1 is 0.518 bits per heavy atom. The van der Waals surface area contributed by atoms with Crippen molar-refractivity contribution in [2.24, 2.45) is 0 Å². The zero-order chi connectivity index (χ0) is 41.1. The van der Waals surface area contributed by atoms with Gasteiger partial charge in [-0.15, -0.1) is 0 Å². The molecule has 4 N–H and O–H groups in total. The number of nitrogens with one attached hydrogen (secondary N) is 2. The number of amides is 2. The van der Waals surface area contributed by atoms with Crippen molar-refractivity contribution in [1.29, 1.82) is 0 Å². The number of carbonyl (C=O) groups is 2. The van der Waals surface area contributed by atoms with E-state index >= 15 is 0 Å². The summed E-state index contributed by atoms with van der Waals surface area (Å²) in [5.41, 5.74) is 0. The van der Waals surface area contributed by atoms with Crippen LogP contribution in [0.25, 0.3) is 0 Å². The molecule has 4 atom stereocenters. The lowest BCUT2D eigenvalue weighted by Crippen LogP contribution is -2.51. The Morgan fingerprint density at radius 2 is 0.857 bits per heavy atom. The molecule has 0 aliphatic heterocycles. The number of unbranched alkanes of at least 4 members (excludes halogenated alkanes) is 23. The minimum atomic E-state index is -4.99. The minimum Gasteiger partial charge on any atom is -0.390 e. The van der Waals surface area contributed by atoms with E-state index in [0.29, 0.717) is 19.3 Å². The largest absolute Gasteiger partial charge is 0.471 e. The van der Waals surface area contributed by atoms with Crippen molar-refractivity contribution < 1.29 is 46.1 Å². The average Bonchev–Trinajstić information content (AvgIpc) is 3.12. The second kappa shape index (κ2) is 40.0. The maximum atomic E-state index is 12.3. The summed E-state index contributed by atoms with van der Waals surface area (Å²) in [5, 5.41) is 23.8. The highest BCUT2D eigenvalue weighted by Gasteiger charge is 2.41. The van der Waals surface area contributed by atoms with E-state index in [-0.39, 0.29) is 21.3 Å². The molecule has 12 heteroatoms. The fourth-order valence-electron chi connectivity index (χ4n) is 6.21. The first-order valence-electron chi connectivity index (χ1n) is 21.4. The quantitative estimate of drug-likeness (QED) is 0.0301. The Bertz CT molecular complexity index is 902. The van der Waals surface area contributed by atoms with Gasteiger partial charge in [0, 0.05) is 6.04 Å². The summed E-state index contributed by atoms with van der Waals surface area (Å²) in [5.74, 6) is -3.95. The highest BCUT2D eigenvalue weighted by Crippen LogP contribution is 2.19. The molecule has 0 aliphatic rings. The molecule has 2 amide bonds. The number of rotatable bonds is 33. The van der Waals surface area contributed by atoms with Gasteiger partial charge < -0.3 is 20.8 Å². The molecule has 0 radical (unpaired) electrons. The first-order valence-corrected chi connectivity index (χ1v) is 21.4. The lowest BCUT2D eigenvalue weighted by molar-refractivity contribution is -0.175. The Labute approximate surface area is 339 Å². The summed E-state index contributed by atoms with van der Waals surface area (Å²) in [4.78, 5) is 21.9. The van der Waals surface area contributed by atoms with Crippen molar-refractivity contribution in [2.45, 2.75) is 259 Å². The predicted octanol–water partition coefficient (Wildman–Crippen LogP) is 13.6. The van der Waals surface area contributed by atoms with Gasteiger partial charge in [0.15, 0.2) is 0 Å². The molecule has 0 saturated heterocycles. The molecule has 0 fully saturated rings. The molecule has 0 saturated carbocycles. The molecule has 0 bridgehead atoms. The van der Waals surface area contributed by atoms with Gasteiger partial charge in [0.25, 0.3) is 0 Å². The SMILES string of the molecule is C.C.CCCCCCCCCCCCCC/C=C/[C@H](CC)NC(=O)C(F)(F)F.CCCCCCCCCCCCCC[C@@H](O)[C@@H](O)[C@H](CC)NC(=O)C(F)(F)F. The third kappa shape index (κ3) is 37.7. The lowest BCUT2D eigenvalue weighted by atomic mass is 9.97. The fraction of sp³-hybridized carbons (Fsp3) is 0.909. The average molecular weight is 821 g/mol. The molecule has 0 aromatic heterocycles. The van der Waals surface area contributed by atoms with E-state index in [9.17, 15) is 46.1 Å². The number of hydrogen-bond donors (Lipinski definition) is 4. The van der Waals surface area contributed by atoms with Crippen LogP contribution in [0.2, 0.25) is 0 Å². The third-order valence-corrected chi connectivity index (χ3v) is 9.78. The normalized spacial score (nSPS) is 13.8. The summed E-state index contributed by atoms with van der Waals surface area (Å²) in [6, 6.07) is -1.65. The molecule has 0 aromatic rings. The van der Waals surface area contributed by atoms with Gasteiger partial charge in [-0.1, -0.05) is 202 Å². The predicted molar refractivity (Wildman–Crippen MR) is 223 cm³/mol. The number of alkyl halides is 6. The van der Waals surface area contributed by atoms with Crippen LogP contribution in [-0.4, -0.2) is 58.7 Å².